The van der Waals surface area contributed by atoms with Crippen LogP contribution in [0, 0.1) is 0 Å². The zero-order chi connectivity index (χ0) is 21.6. The molecule has 2 aromatic rings. The quantitative estimate of drug-likeness (QED) is 0.535. The zero-order valence-corrected chi connectivity index (χ0v) is 19.1. The van der Waals surface area contributed by atoms with Crippen LogP contribution in [-0.2, 0) is 5.54 Å². The number of carbonyl (C=O) groups excluding carboxylic acids is 1. The summed E-state index contributed by atoms with van der Waals surface area (Å²) < 4.78 is 1.72. The van der Waals surface area contributed by atoms with Crippen molar-refractivity contribution in [1.29, 1.82) is 0 Å². The summed E-state index contributed by atoms with van der Waals surface area (Å²) in [5.41, 5.74) is 4.12. The first-order valence-corrected chi connectivity index (χ1v) is 10.4. The van der Waals surface area contributed by atoms with E-state index in [9.17, 15) is 4.79 Å². The number of allylic oxidation sites excluding steroid dienone is 3. The molecule has 1 N–H and O–H groups in total. The van der Waals surface area contributed by atoms with Gasteiger partial charge in [0.1, 0.15) is 11.4 Å². The van der Waals surface area contributed by atoms with E-state index in [-0.39, 0.29) is 11.4 Å². The van der Waals surface area contributed by atoms with Gasteiger partial charge in [0, 0.05) is 12.1 Å². The van der Waals surface area contributed by atoms with Gasteiger partial charge in [-0.25, -0.2) is 0 Å². The largest absolute Gasteiger partial charge is 0.347 e. The minimum Gasteiger partial charge on any atom is -0.347 e. The fourth-order valence-corrected chi connectivity index (χ4v) is 3.27. The maximum Gasteiger partial charge on any atom is 0.271 e. The molecular formula is C24H32ClN3O. The zero-order valence-electron chi connectivity index (χ0n) is 18.3. The molecule has 5 heteroatoms. The number of aromatic nitrogens is 2. The van der Waals surface area contributed by atoms with Crippen molar-refractivity contribution < 1.29 is 4.79 Å². The third-order valence-electron chi connectivity index (χ3n) is 4.53. The highest BCUT2D eigenvalue weighted by molar-refractivity contribution is 6.36. The Kier molecular flexibility index (Phi) is 7.86. The second-order valence-corrected chi connectivity index (χ2v) is 8.92. The lowest BCUT2D eigenvalue weighted by Gasteiger charge is -2.22. The van der Waals surface area contributed by atoms with Crippen molar-refractivity contribution >= 4 is 17.5 Å². The minimum absolute atomic E-state index is 0.215. The molecular weight excluding hydrogens is 382 g/mol. The molecule has 0 aliphatic rings. The van der Waals surface area contributed by atoms with Gasteiger partial charge in [-0.05, 0) is 54.4 Å². The maximum atomic E-state index is 13.0. The van der Waals surface area contributed by atoms with Crippen molar-refractivity contribution in [2.45, 2.75) is 59.9 Å². The van der Waals surface area contributed by atoms with E-state index in [2.05, 4.69) is 43.3 Å². The Bertz CT molecular complexity index is 898. The normalized spacial score (nSPS) is 12.0. The van der Waals surface area contributed by atoms with Crippen LogP contribution in [0.5, 0.6) is 0 Å². The van der Waals surface area contributed by atoms with Crippen molar-refractivity contribution in [3.8, 4) is 11.3 Å². The van der Waals surface area contributed by atoms with Gasteiger partial charge in [0.25, 0.3) is 5.91 Å². The van der Waals surface area contributed by atoms with Gasteiger partial charge in [0.2, 0.25) is 0 Å². The van der Waals surface area contributed by atoms with Crippen LogP contribution < -0.4 is 5.32 Å². The second kappa shape index (κ2) is 9.93. The van der Waals surface area contributed by atoms with Gasteiger partial charge in [0.05, 0.1) is 10.6 Å². The summed E-state index contributed by atoms with van der Waals surface area (Å²) in [6.45, 7) is 12.8. The molecule has 0 unspecified atom stereocenters. The summed E-state index contributed by atoms with van der Waals surface area (Å²) in [4.78, 5) is 13.0. The first kappa shape index (κ1) is 23.0. The average Bonchev–Trinajstić information content (AvgIpc) is 2.99. The average molecular weight is 414 g/mol. The number of carbonyl (C=O) groups is 1. The lowest BCUT2D eigenvalue weighted by molar-refractivity contribution is 0.0940. The first-order valence-electron chi connectivity index (χ1n) is 10.0. The molecule has 1 aromatic heterocycles. The Balaban J connectivity index is 2.21. The Labute approximate surface area is 179 Å². The van der Waals surface area contributed by atoms with Gasteiger partial charge in [-0.2, -0.15) is 5.10 Å². The highest BCUT2D eigenvalue weighted by Gasteiger charge is 2.28. The van der Waals surface area contributed by atoms with Crippen LogP contribution in [0.25, 0.3) is 11.3 Å². The predicted molar refractivity (Wildman–Crippen MR) is 122 cm³/mol. The molecule has 156 valence electrons. The topological polar surface area (TPSA) is 46.9 Å². The molecule has 1 heterocycles. The Morgan fingerprint density at radius 3 is 2.38 bits per heavy atom. The lowest BCUT2D eigenvalue weighted by atomic mass is 10.1. The number of rotatable bonds is 7. The number of amides is 1. The van der Waals surface area contributed by atoms with E-state index < -0.39 is 0 Å². The van der Waals surface area contributed by atoms with Crippen LogP contribution in [0.4, 0.5) is 0 Å². The number of halogens is 1. The molecule has 0 atom stereocenters. The molecule has 0 bridgehead atoms. The Morgan fingerprint density at radius 2 is 1.79 bits per heavy atom. The first-order chi connectivity index (χ1) is 13.6. The monoisotopic (exact) mass is 413 g/mol. The molecule has 29 heavy (non-hydrogen) atoms. The van der Waals surface area contributed by atoms with Crippen molar-refractivity contribution in [1.82, 2.24) is 15.1 Å². The Hall–Kier alpha value is -2.33. The maximum absolute atomic E-state index is 13.0. The van der Waals surface area contributed by atoms with Gasteiger partial charge < -0.3 is 5.32 Å². The van der Waals surface area contributed by atoms with Crippen molar-refractivity contribution in [2.24, 2.45) is 0 Å². The molecule has 0 aliphatic carbocycles. The van der Waals surface area contributed by atoms with Gasteiger partial charge in [-0.15, -0.1) is 0 Å². The van der Waals surface area contributed by atoms with E-state index in [0.29, 0.717) is 23.0 Å². The molecule has 0 saturated carbocycles. The summed E-state index contributed by atoms with van der Waals surface area (Å²) in [5, 5.41) is 8.03. The molecule has 0 fully saturated rings. The molecule has 0 radical (unpaired) electrons. The number of nitrogens with zero attached hydrogens (tertiary/aromatic N) is 2. The smallest absolute Gasteiger partial charge is 0.271 e. The van der Waals surface area contributed by atoms with Gasteiger partial charge >= 0.3 is 0 Å². The lowest BCUT2D eigenvalue weighted by Crippen LogP contribution is -2.32. The van der Waals surface area contributed by atoms with Crippen molar-refractivity contribution in [3.05, 3.63) is 64.3 Å². The van der Waals surface area contributed by atoms with E-state index in [1.54, 1.807) is 4.68 Å². The van der Waals surface area contributed by atoms with Crippen molar-refractivity contribution in [2.75, 3.05) is 6.54 Å². The van der Waals surface area contributed by atoms with E-state index in [1.165, 1.54) is 11.1 Å². The number of nitrogens with one attached hydrogen (secondary N) is 1. The summed E-state index contributed by atoms with van der Waals surface area (Å²) >= 11 is 6.64. The number of hydrogen-bond donors (Lipinski definition) is 1. The molecule has 0 spiro atoms. The van der Waals surface area contributed by atoms with Crippen LogP contribution in [0.15, 0.2) is 53.6 Å². The molecule has 2 rings (SSSR count). The van der Waals surface area contributed by atoms with E-state index in [4.69, 9.17) is 11.6 Å². The molecule has 1 aromatic carbocycles. The summed E-state index contributed by atoms with van der Waals surface area (Å²) in [5.74, 6) is -0.215. The van der Waals surface area contributed by atoms with E-state index >= 15 is 0 Å². The van der Waals surface area contributed by atoms with Crippen molar-refractivity contribution in [3.63, 3.8) is 0 Å². The highest BCUT2D eigenvalue weighted by Crippen LogP contribution is 2.33. The SMILES string of the molecule is CC(C)=CCC/C(C)=C/CNC(=O)c1c(Cl)c(-c2ccccc2)nn1C(C)(C)C. The molecule has 1 amide bonds. The van der Waals surface area contributed by atoms with Gasteiger partial charge in [-0.3, -0.25) is 9.48 Å². The minimum atomic E-state index is -0.376. The van der Waals surface area contributed by atoms with Gasteiger partial charge in [-0.1, -0.05) is 65.2 Å². The summed E-state index contributed by atoms with van der Waals surface area (Å²) in [7, 11) is 0. The van der Waals surface area contributed by atoms with E-state index in [0.717, 1.165) is 18.4 Å². The van der Waals surface area contributed by atoms with Crippen LogP contribution in [0.2, 0.25) is 5.02 Å². The van der Waals surface area contributed by atoms with Crippen LogP contribution in [0.1, 0.15) is 64.9 Å². The second-order valence-electron chi connectivity index (χ2n) is 8.54. The fraction of sp³-hybridized carbons (Fsp3) is 0.417. The standard InChI is InChI=1S/C24H32ClN3O/c1-17(2)11-10-12-18(3)15-16-26-23(29)22-20(25)21(19-13-8-7-9-14-19)27-28(22)24(4,5)6/h7-9,11,13-15H,10,12,16H2,1-6H3,(H,26,29)/b18-15+. The van der Waals surface area contributed by atoms with Crippen LogP contribution >= 0.6 is 11.6 Å². The van der Waals surface area contributed by atoms with E-state index in [1.807, 2.05) is 51.1 Å². The summed E-state index contributed by atoms with van der Waals surface area (Å²) in [6.07, 6.45) is 6.28. The molecule has 0 aliphatic heterocycles. The number of benzene rings is 1. The predicted octanol–water partition coefficient (Wildman–Crippen LogP) is 6.38. The number of hydrogen-bond acceptors (Lipinski definition) is 2. The molecule has 0 saturated heterocycles. The molecule has 4 nitrogen and oxygen atoms in total. The third-order valence-corrected chi connectivity index (χ3v) is 4.89. The highest BCUT2D eigenvalue weighted by atomic mass is 35.5. The van der Waals surface area contributed by atoms with Crippen LogP contribution in [0.3, 0.4) is 0 Å². The summed E-state index contributed by atoms with van der Waals surface area (Å²) in [6, 6.07) is 9.70. The van der Waals surface area contributed by atoms with Crippen LogP contribution in [-0.4, -0.2) is 22.2 Å². The third kappa shape index (κ3) is 6.33. The Morgan fingerprint density at radius 1 is 1.14 bits per heavy atom. The van der Waals surface area contributed by atoms with Gasteiger partial charge in [0.15, 0.2) is 0 Å². The fourth-order valence-electron chi connectivity index (χ4n) is 2.95.